The molecule has 0 amide bonds. The lowest BCUT2D eigenvalue weighted by Gasteiger charge is -1.95. The molecule has 68 valence electrons. The third-order valence-electron chi connectivity index (χ3n) is 2.05. The average Bonchev–Trinajstić information content (AvgIpc) is 2.44. The molecule has 0 atom stereocenters. The zero-order valence-corrected chi connectivity index (χ0v) is 9.13. The molecule has 1 aromatic heterocycles. The summed E-state index contributed by atoms with van der Waals surface area (Å²) in [6.45, 7) is 2.03. The van der Waals surface area contributed by atoms with Crippen molar-refractivity contribution in [3.05, 3.63) is 23.8 Å². The first-order valence-electron chi connectivity index (χ1n) is 3.99. The third-order valence-corrected chi connectivity index (χ3v) is 4.31. The minimum absolute atomic E-state index is 0.450. The summed E-state index contributed by atoms with van der Waals surface area (Å²) in [5.74, 6) is 0.450. The van der Waals surface area contributed by atoms with E-state index >= 15 is 0 Å². The average molecular weight is 210 g/mol. The molecule has 0 unspecified atom stereocenters. The van der Waals surface area contributed by atoms with Crippen LogP contribution in [0.4, 0.5) is 0 Å². The van der Waals surface area contributed by atoms with Crippen LogP contribution in [-0.4, -0.2) is 11.4 Å². The lowest BCUT2D eigenvalue weighted by Crippen LogP contribution is -1.71. The molecule has 0 spiro atoms. The highest BCUT2D eigenvalue weighted by Gasteiger charge is 2.11. The molecule has 0 radical (unpaired) electrons. The zero-order chi connectivity index (χ0) is 9.42. The molecular weight excluding hydrogens is 200 g/mol. The number of aryl methyl sites for hydroxylation is 1. The summed E-state index contributed by atoms with van der Waals surface area (Å²) in [6.07, 6.45) is 1.99. The normalized spacial score (nSPS) is 10.9. The lowest BCUT2D eigenvalue weighted by atomic mass is 10.1. The van der Waals surface area contributed by atoms with Crippen molar-refractivity contribution in [2.24, 2.45) is 0 Å². The van der Waals surface area contributed by atoms with E-state index in [2.05, 4.69) is 0 Å². The molecule has 3 heteroatoms. The smallest absolute Gasteiger partial charge is 0.148 e. The second kappa shape index (κ2) is 3.24. The Bertz CT molecular complexity index is 445. The molecular formula is C10H10OS2. The van der Waals surface area contributed by atoms with Crippen molar-refractivity contribution in [3.8, 4) is 5.75 Å². The Morgan fingerprint density at radius 2 is 2.15 bits per heavy atom. The molecule has 0 fully saturated rings. The fourth-order valence-electron chi connectivity index (χ4n) is 1.42. The van der Waals surface area contributed by atoms with Crippen molar-refractivity contribution < 1.29 is 5.11 Å². The first-order valence-corrected chi connectivity index (χ1v) is 6.03. The summed E-state index contributed by atoms with van der Waals surface area (Å²) in [7, 11) is 0. The molecule has 0 aliphatic heterocycles. The Hall–Kier alpha value is -0.670. The second-order valence-electron chi connectivity index (χ2n) is 2.89. The van der Waals surface area contributed by atoms with Gasteiger partial charge in [0.05, 0.1) is 0 Å². The fraction of sp³-hybridized carbons (Fsp3) is 0.200. The van der Waals surface area contributed by atoms with E-state index in [1.54, 1.807) is 23.1 Å². The Morgan fingerprint density at radius 3 is 2.77 bits per heavy atom. The summed E-state index contributed by atoms with van der Waals surface area (Å²) in [5.41, 5.74) is 1.14. The van der Waals surface area contributed by atoms with Gasteiger partial charge in [0.15, 0.2) is 0 Å². The summed E-state index contributed by atoms with van der Waals surface area (Å²) >= 11 is 3.25. The molecule has 2 aromatic rings. The molecule has 0 saturated carbocycles. The number of hydrogen-bond donors (Lipinski definition) is 1. The molecule has 1 nitrogen and oxygen atoms in total. The molecule has 2 rings (SSSR count). The molecule has 1 heterocycles. The van der Waals surface area contributed by atoms with E-state index in [1.807, 2.05) is 31.4 Å². The van der Waals surface area contributed by atoms with Gasteiger partial charge in [0, 0.05) is 10.1 Å². The van der Waals surface area contributed by atoms with Gasteiger partial charge in [-0.25, -0.2) is 0 Å². The molecule has 0 bridgehead atoms. The standard InChI is InChI=1S/C10H10OS2/c1-6-4-3-5-7-8(6)9(11)10(12-2)13-7/h3-5,11H,1-2H3. The maximum atomic E-state index is 9.86. The van der Waals surface area contributed by atoms with E-state index in [9.17, 15) is 5.11 Å². The van der Waals surface area contributed by atoms with Crippen molar-refractivity contribution in [2.75, 3.05) is 6.26 Å². The zero-order valence-electron chi connectivity index (χ0n) is 7.50. The predicted molar refractivity (Wildman–Crippen MR) is 60.0 cm³/mol. The van der Waals surface area contributed by atoms with Crippen LogP contribution in [0.2, 0.25) is 0 Å². The van der Waals surface area contributed by atoms with Crippen molar-refractivity contribution in [1.29, 1.82) is 0 Å². The minimum Gasteiger partial charge on any atom is -0.505 e. The van der Waals surface area contributed by atoms with Gasteiger partial charge in [-0.15, -0.1) is 23.1 Å². The van der Waals surface area contributed by atoms with Gasteiger partial charge in [0.2, 0.25) is 0 Å². The first kappa shape index (κ1) is 8.91. The van der Waals surface area contributed by atoms with Crippen LogP contribution in [0, 0.1) is 6.92 Å². The van der Waals surface area contributed by atoms with E-state index in [0.717, 1.165) is 15.2 Å². The van der Waals surface area contributed by atoms with Crippen LogP contribution in [0.1, 0.15) is 5.56 Å². The van der Waals surface area contributed by atoms with Crippen molar-refractivity contribution in [3.63, 3.8) is 0 Å². The number of benzene rings is 1. The first-order chi connectivity index (χ1) is 6.24. The molecule has 0 aliphatic carbocycles. The van der Waals surface area contributed by atoms with Crippen LogP contribution in [0.3, 0.4) is 0 Å². The van der Waals surface area contributed by atoms with Crippen LogP contribution < -0.4 is 0 Å². The maximum Gasteiger partial charge on any atom is 0.148 e. The van der Waals surface area contributed by atoms with Crippen molar-refractivity contribution >= 4 is 33.2 Å². The van der Waals surface area contributed by atoms with Crippen LogP contribution in [0.5, 0.6) is 5.75 Å². The topological polar surface area (TPSA) is 20.2 Å². The van der Waals surface area contributed by atoms with E-state index in [0.29, 0.717) is 5.75 Å². The fourth-order valence-corrected chi connectivity index (χ4v) is 3.22. The Kier molecular flexibility index (Phi) is 2.22. The number of aromatic hydroxyl groups is 1. The van der Waals surface area contributed by atoms with Crippen LogP contribution in [-0.2, 0) is 0 Å². The predicted octanol–water partition coefficient (Wildman–Crippen LogP) is 3.64. The molecule has 1 aromatic carbocycles. The highest BCUT2D eigenvalue weighted by molar-refractivity contribution is 8.00. The highest BCUT2D eigenvalue weighted by atomic mass is 32.2. The summed E-state index contributed by atoms with van der Waals surface area (Å²) in [4.78, 5) is 0. The van der Waals surface area contributed by atoms with Crippen molar-refractivity contribution in [2.45, 2.75) is 11.1 Å². The Labute approximate surface area is 85.4 Å². The van der Waals surface area contributed by atoms with Gasteiger partial charge in [0.25, 0.3) is 0 Å². The highest BCUT2D eigenvalue weighted by Crippen LogP contribution is 2.43. The largest absolute Gasteiger partial charge is 0.505 e. The lowest BCUT2D eigenvalue weighted by molar-refractivity contribution is 0.473. The maximum absolute atomic E-state index is 9.86. The van der Waals surface area contributed by atoms with Crippen LogP contribution >= 0.6 is 23.1 Å². The van der Waals surface area contributed by atoms with Crippen LogP contribution in [0.25, 0.3) is 10.1 Å². The second-order valence-corrected chi connectivity index (χ2v) is 5.02. The number of fused-ring (bicyclic) bond motifs is 1. The molecule has 13 heavy (non-hydrogen) atoms. The molecule has 0 saturated heterocycles. The Morgan fingerprint density at radius 1 is 1.38 bits per heavy atom. The van der Waals surface area contributed by atoms with E-state index in [4.69, 9.17) is 0 Å². The van der Waals surface area contributed by atoms with Crippen molar-refractivity contribution in [1.82, 2.24) is 0 Å². The summed E-state index contributed by atoms with van der Waals surface area (Å²) in [6, 6.07) is 6.10. The van der Waals surface area contributed by atoms with E-state index in [1.165, 1.54) is 4.70 Å². The van der Waals surface area contributed by atoms with Gasteiger partial charge in [-0.2, -0.15) is 0 Å². The number of hydrogen-bond acceptors (Lipinski definition) is 3. The molecule has 0 aliphatic rings. The van der Waals surface area contributed by atoms with Gasteiger partial charge >= 0.3 is 0 Å². The van der Waals surface area contributed by atoms with Gasteiger partial charge in [0.1, 0.15) is 9.96 Å². The van der Waals surface area contributed by atoms with E-state index < -0.39 is 0 Å². The monoisotopic (exact) mass is 210 g/mol. The summed E-state index contributed by atoms with van der Waals surface area (Å²) in [5, 5.41) is 10.9. The van der Waals surface area contributed by atoms with Gasteiger partial charge in [-0.3, -0.25) is 0 Å². The molecule has 1 N–H and O–H groups in total. The number of thiophene rings is 1. The van der Waals surface area contributed by atoms with Gasteiger partial charge in [-0.1, -0.05) is 12.1 Å². The van der Waals surface area contributed by atoms with Crippen LogP contribution in [0.15, 0.2) is 22.4 Å². The van der Waals surface area contributed by atoms with Gasteiger partial charge in [-0.05, 0) is 24.8 Å². The number of thioether (sulfide) groups is 1. The Balaban J connectivity index is 2.85. The quantitative estimate of drug-likeness (QED) is 0.725. The third kappa shape index (κ3) is 1.32. The SMILES string of the molecule is CSc1sc2cccc(C)c2c1O. The number of rotatable bonds is 1. The van der Waals surface area contributed by atoms with E-state index in [-0.39, 0.29) is 0 Å². The van der Waals surface area contributed by atoms with Gasteiger partial charge < -0.3 is 5.11 Å². The minimum atomic E-state index is 0.450. The summed E-state index contributed by atoms with van der Waals surface area (Å²) < 4.78 is 2.17.